The van der Waals surface area contributed by atoms with E-state index in [1.54, 1.807) is 23.1 Å². The van der Waals surface area contributed by atoms with Crippen molar-refractivity contribution < 1.29 is 36.2 Å². The van der Waals surface area contributed by atoms with E-state index in [4.69, 9.17) is 16.3 Å². The van der Waals surface area contributed by atoms with Crippen molar-refractivity contribution in [1.82, 2.24) is 4.31 Å². The molecule has 2 aromatic carbocycles. The lowest BCUT2D eigenvalue weighted by Gasteiger charge is -2.44. The van der Waals surface area contributed by atoms with Crippen LogP contribution in [0.1, 0.15) is 18.4 Å². The number of hydrogen-bond donors (Lipinski definition) is 1. The number of anilines is 1. The Morgan fingerprint density at radius 2 is 1.75 bits per heavy atom. The monoisotopic (exact) mass is 492 g/mol. The van der Waals surface area contributed by atoms with Gasteiger partial charge in [-0.25, -0.2) is 8.42 Å². The first-order valence-electron chi connectivity index (χ1n) is 9.77. The Bertz CT molecular complexity index is 1070. The van der Waals surface area contributed by atoms with Gasteiger partial charge in [0.2, 0.25) is 16.4 Å². The number of halogens is 4. The summed E-state index contributed by atoms with van der Waals surface area (Å²) in [7, 11) is -3.89. The fraction of sp³-hybridized carbons (Fsp3) is 0.400. The number of aliphatic hydroxyl groups is 1. The zero-order valence-corrected chi connectivity index (χ0v) is 18.2. The quantitative estimate of drug-likeness (QED) is 0.701. The number of sulfonamides is 1. The predicted octanol–water partition coefficient (Wildman–Crippen LogP) is 3.70. The first-order valence-corrected chi connectivity index (χ1v) is 11.6. The van der Waals surface area contributed by atoms with Gasteiger partial charge in [0, 0.05) is 35.4 Å². The maximum absolute atomic E-state index is 12.9. The van der Waals surface area contributed by atoms with Crippen LogP contribution in [0.2, 0.25) is 5.02 Å². The Balaban J connectivity index is 1.46. The highest BCUT2D eigenvalue weighted by molar-refractivity contribution is 7.89. The van der Waals surface area contributed by atoms with Gasteiger partial charge in [0.15, 0.2) is 0 Å². The Morgan fingerprint density at radius 3 is 2.38 bits per heavy atom. The van der Waals surface area contributed by atoms with Crippen molar-refractivity contribution in [3.63, 3.8) is 0 Å². The molecule has 0 bridgehead atoms. The van der Waals surface area contributed by atoms with E-state index in [0.29, 0.717) is 17.9 Å². The molecule has 2 aliphatic heterocycles. The molecule has 2 heterocycles. The standard InChI is InChI=1S/C20H20ClF3N2O5S/c21-14-1-6-18-13(11-14)12-30-19(27)26(18)15-7-9-25(10-8-15)32(28,29)17-4-2-16(3-5-17)31-20(22,23)24/h1-6,11,15,19,27H,7-10,12H2. The van der Waals surface area contributed by atoms with Crippen LogP contribution in [0.3, 0.4) is 0 Å². The van der Waals surface area contributed by atoms with Gasteiger partial charge in [-0.15, -0.1) is 13.2 Å². The van der Waals surface area contributed by atoms with E-state index >= 15 is 0 Å². The van der Waals surface area contributed by atoms with Crippen molar-refractivity contribution in [2.24, 2.45) is 0 Å². The Kier molecular flexibility index (Phi) is 6.29. The van der Waals surface area contributed by atoms with Crippen LogP contribution in [-0.2, 0) is 21.4 Å². The Labute approximate surface area is 187 Å². The minimum atomic E-state index is -4.85. The highest BCUT2D eigenvalue weighted by Crippen LogP contribution is 2.35. The number of hydrogen-bond acceptors (Lipinski definition) is 6. The van der Waals surface area contributed by atoms with Crippen LogP contribution in [0.15, 0.2) is 47.4 Å². The molecule has 12 heteroatoms. The van der Waals surface area contributed by atoms with E-state index < -0.39 is 28.5 Å². The van der Waals surface area contributed by atoms with E-state index in [-0.39, 0.29) is 30.6 Å². The summed E-state index contributed by atoms with van der Waals surface area (Å²) in [6, 6.07) is 9.23. The van der Waals surface area contributed by atoms with Crippen LogP contribution >= 0.6 is 11.6 Å². The second-order valence-corrected chi connectivity index (χ2v) is 9.85. The lowest BCUT2D eigenvalue weighted by Crippen LogP contribution is -2.52. The van der Waals surface area contributed by atoms with Gasteiger partial charge >= 0.3 is 6.36 Å². The van der Waals surface area contributed by atoms with E-state index in [1.807, 2.05) is 0 Å². The number of rotatable bonds is 4. The molecule has 0 aromatic heterocycles. The molecule has 7 nitrogen and oxygen atoms in total. The van der Waals surface area contributed by atoms with Crippen LogP contribution in [-0.4, -0.2) is 49.7 Å². The molecular formula is C20H20ClF3N2O5S. The largest absolute Gasteiger partial charge is 0.573 e. The van der Waals surface area contributed by atoms with Crippen LogP contribution in [0, 0.1) is 0 Å². The SMILES string of the molecule is O=S(=O)(c1ccc(OC(F)(F)F)cc1)N1CCC(N2c3ccc(Cl)cc3COC2O)CC1. The number of aliphatic hydroxyl groups excluding tert-OH is 1. The topological polar surface area (TPSA) is 79.3 Å². The van der Waals surface area contributed by atoms with Gasteiger partial charge in [0.25, 0.3) is 0 Å². The molecule has 1 fully saturated rings. The highest BCUT2D eigenvalue weighted by atomic mass is 35.5. The van der Waals surface area contributed by atoms with Crippen LogP contribution in [0.25, 0.3) is 0 Å². The van der Waals surface area contributed by atoms with Gasteiger partial charge < -0.3 is 19.5 Å². The molecule has 4 rings (SSSR count). The number of nitrogens with zero attached hydrogens (tertiary/aromatic N) is 2. The summed E-state index contributed by atoms with van der Waals surface area (Å²) in [5.41, 5.74) is 1.62. The molecule has 1 atom stereocenters. The van der Waals surface area contributed by atoms with E-state index in [1.165, 1.54) is 4.31 Å². The molecule has 1 saturated heterocycles. The summed E-state index contributed by atoms with van der Waals surface area (Å²) in [6.45, 7) is 0.578. The fourth-order valence-corrected chi connectivity index (χ4v) is 5.65. The molecule has 0 saturated carbocycles. The minimum Gasteiger partial charge on any atom is -0.406 e. The average molecular weight is 493 g/mol. The van der Waals surface area contributed by atoms with Gasteiger partial charge in [-0.3, -0.25) is 0 Å². The van der Waals surface area contributed by atoms with E-state index in [0.717, 1.165) is 35.5 Å². The highest BCUT2D eigenvalue weighted by Gasteiger charge is 2.37. The molecule has 0 spiro atoms. The molecular weight excluding hydrogens is 473 g/mol. The van der Waals surface area contributed by atoms with Gasteiger partial charge in [0.05, 0.1) is 11.5 Å². The molecule has 32 heavy (non-hydrogen) atoms. The second-order valence-electron chi connectivity index (χ2n) is 7.47. The maximum Gasteiger partial charge on any atom is 0.573 e. The third kappa shape index (κ3) is 4.81. The first kappa shape index (κ1) is 23.1. The smallest absolute Gasteiger partial charge is 0.406 e. The van der Waals surface area contributed by atoms with Crippen LogP contribution in [0.5, 0.6) is 5.75 Å². The molecule has 0 radical (unpaired) electrons. The zero-order chi connectivity index (χ0) is 23.1. The fourth-order valence-electron chi connectivity index (χ4n) is 3.99. The van der Waals surface area contributed by atoms with Gasteiger partial charge in [-0.05, 0) is 55.3 Å². The minimum absolute atomic E-state index is 0.119. The van der Waals surface area contributed by atoms with Crippen molar-refractivity contribution in [1.29, 1.82) is 0 Å². The number of alkyl halides is 3. The third-order valence-electron chi connectivity index (χ3n) is 5.46. The van der Waals surface area contributed by atoms with Gasteiger partial charge in [-0.2, -0.15) is 4.31 Å². The Morgan fingerprint density at radius 1 is 1.09 bits per heavy atom. The Hall–Kier alpha value is -2.05. The maximum atomic E-state index is 12.9. The van der Waals surface area contributed by atoms with Crippen molar-refractivity contribution in [2.75, 3.05) is 18.0 Å². The number of benzene rings is 2. The number of ether oxygens (including phenoxy) is 2. The number of fused-ring (bicyclic) bond motifs is 1. The number of piperidine rings is 1. The summed E-state index contributed by atoms with van der Waals surface area (Å²) in [6.07, 6.45) is -5.15. The average Bonchev–Trinajstić information content (AvgIpc) is 2.73. The van der Waals surface area contributed by atoms with Gasteiger partial charge in [0.1, 0.15) is 5.75 Å². The van der Waals surface area contributed by atoms with E-state index in [2.05, 4.69) is 4.74 Å². The van der Waals surface area contributed by atoms with E-state index in [9.17, 15) is 26.7 Å². The molecule has 0 aliphatic carbocycles. The lowest BCUT2D eigenvalue weighted by atomic mass is 10.0. The van der Waals surface area contributed by atoms with Crippen molar-refractivity contribution in [3.8, 4) is 5.75 Å². The normalized spacial score (nSPS) is 20.8. The molecule has 2 aliphatic rings. The zero-order valence-electron chi connectivity index (χ0n) is 16.6. The van der Waals surface area contributed by atoms with Gasteiger partial charge in [-0.1, -0.05) is 11.6 Å². The summed E-state index contributed by atoms with van der Waals surface area (Å²) in [4.78, 5) is 1.61. The lowest BCUT2D eigenvalue weighted by molar-refractivity contribution is -0.274. The summed E-state index contributed by atoms with van der Waals surface area (Å²) >= 11 is 6.04. The van der Waals surface area contributed by atoms with Crippen molar-refractivity contribution in [2.45, 2.75) is 43.2 Å². The predicted molar refractivity (Wildman–Crippen MR) is 110 cm³/mol. The molecule has 0 amide bonds. The van der Waals surface area contributed by atoms with Crippen LogP contribution < -0.4 is 9.64 Å². The van der Waals surface area contributed by atoms with Crippen molar-refractivity contribution in [3.05, 3.63) is 53.1 Å². The summed E-state index contributed by atoms with van der Waals surface area (Å²) in [5.74, 6) is -0.493. The molecule has 1 unspecified atom stereocenters. The molecule has 2 aromatic rings. The first-order chi connectivity index (χ1) is 15.0. The summed E-state index contributed by atoms with van der Waals surface area (Å²) in [5, 5.41) is 10.9. The summed E-state index contributed by atoms with van der Waals surface area (Å²) < 4.78 is 73.3. The molecule has 174 valence electrons. The van der Waals surface area contributed by atoms with Crippen LogP contribution in [0.4, 0.5) is 18.9 Å². The third-order valence-corrected chi connectivity index (χ3v) is 7.61. The second kappa shape index (κ2) is 8.71. The van der Waals surface area contributed by atoms with Crippen molar-refractivity contribution >= 4 is 27.3 Å². The molecule has 1 N–H and O–H groups in total.